The molecular formula is C29H32FN5. The average Bonchev–Trinajstić information content (AvgIpc) is 3.42. The van der Waals surface area contributed by atoms with E-state index in [9.17, 15) is 4.39 Å². The van der Waals surface area contributed by atoms with Crippen molar-refractivity contribution >= 4 is 11.8 Å². The lowest BCUT2D eigenvalue weighted by Gasteiger charge is -2.35. The number of piperazine rings is 1. The molecule has 1 aliphatic carbocycles. The fourth-order valence-electron chi connectivity index (χ4n) is 5.12. The van der Waals surface area contributed by atoms with Crippen LogP contribution in [0.3, 0.4) is 0 Å². The minimum atomic E-state index is -0.154. The maximum absolute atomic E-state index is 14.7. The van der Waals surface area contributed by atoms with Crippen LogP contribution in [-0.4, -0.2) is 58.3 Å². The molecule has 2 heterocycles. The third-order valence-electron chi connectivity index (χ3n) is 7.27. The number of rotatable bonds is 7. The minimum absolute atomic E-state index is 0.0233. The summed E-state index contributed by atoms with van der Waals surface area (Å²) in [5.74, 6) is 0.615. The molecule has 2 aromatic carbocycles. The Morgan fingerprint density at radius 1 is 1.06 bits per heavy atom. The Morgan fingerprint density at radius 3 is 2.54 bits per heavy atom. The molecule has 5 nitrogen and oxygen atoms in total. The summed E-state index contributed by atoms with van der Waals surface area (Å²) in [6.45, 7) is 12.2. The molecule has 3 aromatic rings. The quantitative estimate of drug-likeness (QED) is 0.447. The summed E-state index contributed by atoms with van der Waals surface area (Å²) in [5, 5.41) is 0. The van der Waals surface area contributed by atoms with E-state index in [0.29, 0.717) is 0 Å². The van der Waals surface area contributed by atoms with Crippen LogP contribution in [0.25, 0.3) is 5.57 Å². The molecule has 1 saturated heterocycles. The molecule has 1 atom stereocenters. The first-order valence-electron chi connectivity index (χ1n) is 12.3. The summed E-state index contributed by atoms with van der Waals surface area (Å²) in [6.07, 6.45) is 8.36. The Bertz CT molecular complexity index is 1240. The highest BCUT2D eigenvalue weighted by atomic mass is 19.1. The number of imidazole rings is 1. The van der Waals surface area contributed by atoms with Crippen molar-refractivity contribution in [3.8, 4) is 0 Å². The van der Waals surface area contributed by atoms with Crippen molar-refractivity contribution in [2.75, 3.05) is 32.7 Å². The molecule has 0 N–H and O–H groups in total. The Labute approximate surface area is 206 Å². The fourth-order valence-corrected chi connectivity index (χ4v) is 5.12. The lowest BCUT2D eigenvalue weighted by Crippen LogP contribution is -2.46. The van der Waals surface area contributed by atoms with Gasteiger partial charge in [0.15, 0.2) is 0 Å². The summed E-state index contributed by atoms with van der Waals surface area (Å²) in [4.78, 5) is 13.6. The van der Waals surface area contributed by atoms with Gasteiger partial charge in [0, 0.05) is 63.8 Å². The Balaban J connectivity index is 1.26. The molecule has 1 unspecified atom stereocenters. The third-order valence-corrected chi connectivity index (χ3v) is 7.27. The summed E-state index contributed by atoms with van der Waals surface area (Å²) >= 11 is 0. The monoisotopic (exact) mass is 469 g/mol. The van der Waals surface area contributed by atoms with E-state index in [-0.39, 0.29) is 11.7 Å². The lowest BCUT2D eigenvalue weighted by atomic mass is 9.76. The predicted molar refractivity (Wildman–Crippen MR) is 140 cm³/mol. The molecule has 5 rings (SSSR count). The van der Waals surface area contributed by atoms with Gasteiger partial charge in [0.05, 0.1) is 6.33 Å². The number of fused-ring (bicyclic) bond motifs is 1. The Kier molecular flexibility index (Phi) is 6.91. The van der Waals surface area contributed by atoms with Crippen LogP contribution in [0.2, 0.25) is 0 Å². The number of halogens is 1. The van der Waals surface area contributed by atoms with Gasteiger partial charge in [-0.2, -0.15) is 0 Å². The first-order chi connectivity index (χ1) is 17.1. The molecule has 6 heteroatoms. The van der Waals surface area contributed by atoms with Crippen LogP contribution >= 0.6 is 0 Å². The second-order valence-electron chi connectivity index (χ2n) is 9.32. The van der Waals surface area contributed by atoms with Gasteiger partial charge in [0.1, 0.15) is 11.6 Å². The molecule has 0 spiro atoms. The molecule has 180 valence electrons. The molecule has 1 aliphatic heterocycles. The van der Waals surface area contributed by atoms with Crippen LogP contribution in [0.5, 0.6) is 0 Å². The van der Waals surface area contributed by atoms with Gasteiger partial charge in [-0.3, -0.25) is 4.90 Å². The summed E-state index contributed by atoms with van der Waals surface area (Å²) in [6, 6.07) is 15.4. The highest BCUT2D eigenvalue weighted by Crippen LogP contribution is 2.42. The second-order valence-corrected chi connectivity index (χ2v) is 9.32. The van der Waals surface area contributed by atoms with Crippen LogP contribution in [0, 0.1) is 5.82 Å². The maximum Gasteiger partial charge on any atom is 0.127 e. The number of hydrogen-bond donors (Lipinski definition) is 0. The lowest BCUT2D eigenvalue weighted by molar-refractivity contribution is 0.154. The predicted octanol–water partition coefficient (Wildman–Crippen LogP) is 5.19. The number of aliphatic imine (C=N–C) groups is 1. The van der Waals surface area contributed by atoms with Crippen molar-refractivity contribution in [1.29, 1.82) is 0 Å². The minimum Gasteiger partial charge on any atom is -0.355 e. The Morgan fingerprint density at radius 2 is 1.80 bits per heavy atom. The van der Waals surface area contributed by atoms with Crippen molar-refractivity contribution < 1.29 is 4.39 Å². The van der Waals surface area contributed by atoms with Crippen molar-refractivity contribution in [2.24, 2.45) is 4.99 Å². The van der Waals surface area contributed by atoms with E-state index in [1.807, 2.05) is 49.2 Å². The van der Waals surface area contributed by atoms with Crippen molar-refractivity contribution in [2.45, 2.75) is 25.8 Å². The molecule has 35 heavy (non-hydrogen) atoms. The van der Waals surface area contributed by atoms with Gasteiger partial charge < -0.3 is 9.47 Å². The van der Waals surface area contributed by atoms with Crippen LogP contribution in [0.1, 0.15) is 36.0 Å². The zero-order chi connectivity index (χ0) is 24.2. The van der Waals surface area contributed by atoms with Crippen molar-refractivity contribution in [3.05, 3.63) is 108 Å². The van der Waals surface area contributed by atoms with E-state index in [1.54, 1.807) is 12.1 Å². The van der Waals surface area contributed by atoms with Gasteiger partial charge in [-0.15, -0.1) is 0 Å². The van der Waals surface area contributed by atoms with Gasteiger partial charge in [-0.05, 0) is 47.2 Å². The topological polar surface area (TPSA) is 36.7 Å². The SMILES string of the molecule is C=C(N=CC1=C(C)c2ccccc2C(c2ccccc2F)C1)N1CCN(CCn2ccnc2)CC1. The van der Waals surface area contributed by atoms with Gasteiger partial charge in [0.25, 0.3) is 0 Å². The van der Waals surface area contributed by atoms with E-state index in [1.165, 1.54) is 16.7 Å². The maximum atomic E-state index is 14.7. The number of hydrogen-bond acceptors (Lipinski definition) is 4. The van der Waals surface area contributed by atoms with Crippen LogP contribution in [0.15, 0.2) is 90.2 Å². The van der Waals surface area contributed by atoms with Crippen molar-refractivity contribution in [1.82, 2.24) is 19.4 Å². The van der Waals surface area contributed by atoms with E-state index in [0.717, 1.165) is 62.6 Å². The smallest absolute Gasteiger partial charge is 0.127 e. The van der Waals surface area contributed by atoms with Gasteiger partial charge in [-0.1, -0.05) is 49.0 Å². The number of benzene rings is 2. The first kappa shape index (κ1) is 23.2. The molecule has 0 saturated carbocycles. The zero-order valence-corrected chi connectivity index (χ0v) is 20.3. The second kappa shape index (κ2) is 10.4. The summed E-state index contributed by atoms with van der Waals surface area (Å²) in [5.41, 5.74) is 5.43. The third kappa shape index (κ3) is 5.13. The van der Waals surface area contributed by atoms with Gasteiger partial charge in [-0.25, -0.2) is 14.4 Å². The molecule has 0 radical (unpaired) electrons. The average molecular weight is 470 g/mol. The molecule has 1 fully saturated rings. The van der Waals surface area contributed by atoms with Gasteiger partial charge >= 0.3 is 0 Å². The van der Waals surface area contributed by atoms with E-state index in [2.05, 4.69) is 45.0 Å². The standard InChI is InChI=1S/C29H32FN5/c1-22-24(19-28(26-8-4-3-7-25(22)26)27-9-5-6-10-29(27)30)20-32-23(2)35-17-15-33(16-18-35)13-14-34-12-11-31-21-34/h3-12,20-21,28H,2,13-19H2,1H3. The Hall–Kier alpha value is -3.51. The van der Waals surface area contributed by atoms with Crippen molar-refractivity contribution in [3.63, 3.8) is 0 Å². The normalized spacial score (nSPS) is 18.8. The highest BCUT2D eigenvalue weighted by molar-refractivity contribution is 5.93. The molecular weight excluding hydrogens is 437 g/mol. The van der Waals surface area contributed by atoms with Crippen LogP contribution in [-0.2, 0) is 6.54 Å². The summed E-state index contributed by atoms with van der Waals surface area (Å²) < 4.78 is 16.9. The molecule has 0 bridgehead atoms. The van der Waals surface area contributed by atoms with E-state index in [4.69, 9.17) is 4.99 Å². The van der Waals surface area contributed by atoms with E-state index >= 15 is 0 Å². The number of allylic oxidation sites excluding steroid dienone is 2. The van der Waals surface area contributed by atoms with E-state index < -0.39 is 0 Å². The molecule has 1 aromatic heterocycles. The van der Waals surface area contributed by atoms with Crippen LogP contribution < -0.4 is 0 Å². The van der Waals surface area contributed by atoms with Crippen LogP contribution in [0.4, 0.5) is 4.39 Å². The zero-order valence-electron chi connectivity index (χ0n) is 20.3. The molecule has 0 amide bonds. The largest absolute Gasteiger partial charge is 0.355 e. The highest BCUT2D eigenvalue weighted by Gasteiger charge is 2.27. The number of aromatic nitrogens is 2. The van der Waals surface area contributed by atoms with Gasteiger partial charge in [0.2, 0.25) is 0 Å². The molecule has 2 aliphatic rings. The first-order valence-corrected chi connectivity index (χ1v) is 12.3. The summed E-state index contributed by atoms with van der Waals surface area (Å²) in [7, 11) is 0. The fraction of sp³-hybridized carbons (Fsp3) is 0.310. The number of nitrogens with zero attached hydrogens (tertiary/aromatic N) is 5.